The van der Waals surface area contributed by atoms with Crippen molar-refractivity contribution in [1.82, 2.24) is 14.8 Å². The molecule has 3 saturated heterocycles. The van der Waals surface area contributed by atoms with Gasteiger partial charge in [-0.3, -0.25) is 14.8 Å². The van der Waals surface area contributed by atoms with E-state index in [1.54, 1.807) is 11.3 Å². The summed E-state index contributed by atoms with van der Waals surface area (Å²) in [5, 5.41) is 10.3. The summed E-state index contributed by atoms with van der Waals surface area (Å²) >= 11 is 1.63. The van der Waals surface area contributed by atoms with Crippen molar-refractivity contribution in [2.24, 2.45) is 0 Å². The molecule has 2 bridgehead atoms. The van der Waals surface area contributed by atoms with Crippen LogP contribution < -0.4 is 0 Å². The van der Waals surface area contributed by atoms with Gasteiger partial charge in [0.2, 0.25) is 0 Å². The fourth-order valence-corrected chi connectivity index (χ4v) is 3.35. The first kappa shape index (κ1) is 10.7. The third-order valence-electron chi connectivity index (χ3n) is 3.66. The fourth-order valence-electron chi connectivity index (χ4n) is 2.71. The topological polar surface area (TPSA) is 39.6 Å². The van der Waals surface area contributed by atoms with Crippen molar-refractivity contribution in [1.29, 1.82) is 0 Å². The smallest absolute Gasteiger partial charge is 0.0794 e. The second-order valence-corrected chi connectivity index (χ2v) is 5.61. The van der Waals surface area contributed by atoms with Crippen molar-refractivity contribution in [2.45, 2.75) is 18.6 Å². The van der Waals surface area contributed by atoms with Crippen LogP contribution in [0.15, 0.2) is 11.7 Å². The number of hydrogen-bond donors (Lipinski definition) is 1. The van der Waals surface area contributed by atoms with E-state index in [-0.39, 0.29) is 6.10 Å². The molecule has 1 aromatic heterocycles. The van der Waals surface area contributed by atoms with Crippen LogP contribution in [0.4, 0.5) is 0 Å². The van der Waals surface area contributed by atoms with Crippen molar-refractivity contribution in [3.05, 3.63) is 16.6 Å². The lowest BCUT2D eigenvalue weighted by Crippen LogP contribution is -2.64. The average molecular weight is 239 g/mol. The zero-order chi connectivity index (χ0) is 11.0. The molecule has 4 heterocycles. The Kier molecular flexibility index (Phi) is 2.93. The van der Waals surface area contributed by atoms with Crippen molar-refractivity contribution < 1.29 is 5.11 Å². The van der Waals surface area contributed by atoms with E-state index in [1.807, 2.05) is 11.7 Å². The number of aliphatic hydroxyl groups is 1. The van der Waals surface area contributed by atoms with Gasteiger partial charge in [-0.25, -0.2) is 0 Å². The Morgan fingerprint density at radius 1 is 1.44 bits per heavy atom. The quantitative estimate of drug-likeness (QED) is 0.809. The van der Waals surface area contributed by atoms with Gasteiger partial charge in [-0.1, -0.05) is 0 Å². The predicted molar refractivity (Wildman–Crippen MR) is 63.6 cm³/mol. The number of aliphatic hydroxyl groups excluding tert-OH is 1. The molecule has 4 nitrogen and oxygen atoms in total. The summed E-state index contributed by atoms with van der Waals surface area (Å²) in [6.07, 6.45) is 2.37. The highest BCUT2D eigenvalue weighted by molar-refractivity contribution is 7.09. The molecule has 0 amide bonds. The van der Waals surface area contributed by atoms with Gasteiger partial charge in [0.1, 0.15) is 0 Å². The molecule has 16 heavy (non-hydrogen) atoms. The average Bonchev–Trinajstić information content (AvgIpc) is 2.83. The first-order chi connectivity index (χ1) is 7.83. The SMILES string of the molecule is OC(Cc1cncs1)C1CN2CCN1CC2. The third-order valence-corrected chi connectivity index (χ3v) is 4.46. The Hall–Kier alpha value is -0.490. The van der Waals surface area contributed by atoms with Gasteiger partial charge >= 0.3 is 0 Å². The lowest BCUT2D eigenvalue weighted by Gasteiger charge is -2.49. The van der Waals surface area contributed by atoms with Gasteiger partial charge in [-0.2, -0.15) is 0 Å². The Labute approximate surface area is 99.5 Å². The van der Waals surface area contributed by atoms with Crippen LogP contribution >= 0.6 is 11.3 Å². The lowest BCUT2D eigenvalue weighted by atomic mass is 10.00. The lowest BCUT2D eigenvalue weighted by molar-refractivity contribution is -0.0451. The number of rotatable bonds is 3. The van der Waals surface area contributed by atoms with Crippen LogP contribution in [-0.4, -0.2) is 64.8 Å². The summed E-state index contributed by atoms with van der Waals surface area (Å²) in [5.74, 6) is 0. The van der Waals surface area contributed by atoms with E-state index < -0.39 is 0 Å². The summed E-state index contributed by atoms with van der Waals surface area (Å²) < 4.78 is 0. The summed E-state index contributed by atoms with van der Waals surface area (Å²) in [6, 6.07) is 0.324. The van der Waals surface area contributed by atoms with Gasteiger partial charge in [-0.05, 0) is 0 Å². The maximum atomic E-state index is 10.3. The largest absolute Gasteiger partial charge is 0.391 e. The number of nitrogens with zero attached hydrogens (tertiary/aromatic N) is 3. The molecular formula is C11H17N3OS. The van der Waals surface area contributed by atoms with Crippen LogP contribution in [0.3, 0.4) is 0 Å². The summed E-state index contributed by atoms with van der Waals surface area (Å²) in [4.78, 5) is 10.1. The molecule has 2 unspecified atom stereocenters. The van der Waals surface area contributed by atoms with Gasteiger partial charge in [-0.15, -0.1) is 11.3 Å². The Balaban J connectivity index is 1.64. The maximum Gasteiger partial charge on any atom is 0.0794 e. The summed E-state index contributed by atoms with van der Waals surface area (Å²) in [7, 11) is 0. The molecule has 1 aromatic rings. The number of piperazine rings is 3. The van der Waals surface area contributed by atoms with Crippen molar-refractivity contribution in [3.8, 4) is 0 Å². The summed E-state index contributed by atoms with van der Waals surface area (Å²) in [6.45, 7) is 5.60. The van der Waals surface area contributed by atoms with Gasteiger partial charge in [0, 0.05) is 56.3 Å². The standard InChI is InChI=1S/C11H17N3OS/c15-11(5-9-6-12-8-16-9)10-7-13-1-3-14(10)4-2-13/h6,8,10-11,15H,1-5,7H2. The Morgan fingerprint density at radius 2 is 2.25 bits per heavy atom. The highest BCUT2D eigenvalue weighted by atomic mass is 32.1. The molecule has 0 saturated carbocycles. The molecular weight excluding hydrogens is 222 g/mol. The zero-order valence-corrected chi connectivity index (χ0v) is 10.1. The van der Waals surface area contributed by atoms with E-state index >= 15 is 0 Å². The van der Waals surface area contributed by atoms with Crippen LogP contribution in [0.25, 0.3) is 0 Å². The second kappa shape index (κ2) is 4.41. The molecule has 3 aliphatic heterocycles. The minimum Gasteiger partial charge on any atom is -0.391 e. The number of aromatic nitrogens is 1. The molecule has 0 aliphatic carbocycles. The summed E-state index contributed by atoms with van der Waals surface area (Å²) in [5.41, 5.74) is 1.83. The maximum absolute atomic E-state index is 10.3. The highest BCUT2D eigenvalue weighted by Crippen LogP contribution is 2.21. The first-order valence-corrected chi connectivity index (χ1v) is 6.73. The van der Waals surface area contributed by atoms with Gasteiger partial charge in [0.25, 0.3) is 0 Å². The van der Waals surface area contributed by atoms with Gasteiger partial charge in [0.15, 0.2) is 0 Å². The molecule has 0 radical (unpaired) electrons. The van der Waals surface area contributed by atoms with Crippen LogP contribution in [0.1, 0.15) is 4.88 Å². The molecule has 0 aromatic carbocycles. The Bertz CT molecular complexity index is 335. The van der Waals surface area contributed by atoms with Crippen LogP contribution in [0.2, 0.25) is 0 Å². The van der Waals surface area contributed by atoms with Crippen molar-refractivity contribution >= 4 is 11.3 Å². The number of hydrogen-bond acceptors (Lipinski definition) is 5. The molecule has 4 rings (SSSR count). The predicted octanol–water partition coefficient (Wildman–Crippen LogP) is 0.0463. The Morgan fingerprint density at radius 3 is 2.81 bits per heavy atom. The highest BCUT2D eigenvalue weighted by Gasteiger charge is 2.35. The minimum absolute atomic E-state index is 0.247. The van der Waals surface area contributed by atoms with Crippen LogP contribution in [0.5, 0.6) is 0 Å². The van der Waals surface area contributed by atoms with E-state index in [0.717, 1.165) is 26.1 Å². The molecule has 3 fully saturated rings. The van der Waals surface area contributed by atoms with Gasteiger partial charge in [0.05, 0.1) is 11.6 Å². The third kappa shape index (κ3) is 2.00. The molecule has 88 valence electrons. The van der Waals surface area contributed by atoms with Crippen LogP contribution in [-0.2, 0) is 6.42 Å². The number of thiazole rings is 1. The minimum atomic E-state index is -0.247. The molecule has 5 heteroatoms. The van der Waals surface area contributed by atoms with Crippen LogP contribution in [0, 0.1) is 0 Å². The second-order valence-electron chi connectivity index (χ2n) is 4.64. The van der Waals surface area contributed by atoms with E-state index in [2.05, 4.69) is 14.8 Å². The molecule has 0 spiro atoms. The van der Waals surface area contributed by atoms with E-state index in [0.29, 0.717) is 6.04 Å². The molecule has 2 atom stereocenters. The zero-order valence-electron chi connectivity index (χ0n) is 9.25. The first-order valence-electron chi connectivity index (χ1n) is 5.85. The van der Waals surface area contributed by atoms with Crippen molar-refractivity contribution in [2.75, 3.05) is 32.7 Å². The van der Waals surface area contributed by atoms with E-state index in [9.17, 15) is 5.11 Å². The monoisotopic (exact) mass is 239 g/mol. The fraction of sp³-hybridized carbons (Fsp3) is 0.727. The van der Waals surface area contributed by atoms with E-state index in [1.165, 1.54) is 18.0 Å². The normalized spacial score (nSPS) is 35.2. The number of fused-ring (bicyclic) bond motifs is 3. The van der Waals surface area contributed by atoms with E-state index in [4.69, 9.17) is 0 Å². The van der Waals surface area contributed by atoms with Crippen molar-refractivity contribution in [3.63, 3.8) is 0 Å². The molecule has 1 N–H and O–H groups in total. The van der Waals surface area contributed by atoms with Gasteiger partial charge < -0.3 is 5.11 Å². The molecule has 3 aliphatic rings.